The van der Waals surface area contributed by atoms with Gasteiger partial charge in [0, 0.05) is 18.0 Å². The van der Waals surface area contributed by atoms with Crippen LogP contribution in [0.1, 0.15) is 59.5 Å². The standard InChI is InChI=1S/C22H26N2O4/c1-14-20(15(2)28-23-14)21(25)17-11-18-9-6-10-19(12-17)24(18)22(26)27-13-16-7-4-3-5-8-16/h3-5,7-8,17-19H,6,9-13H2,1-2H3. The molecule has 2 fully saturated rings. The van der Waals surface area contributed by atoms with E-state index in [0.29, 0.717) is 29.9 Å². The van der Waals surface area contributed by atoms with Crippen molar-refractivity contribution < 1.29 is 18.8 Å². The highest BCUT2D eigenvalue weighted by Crippen LogP contribution is 2.39. The Labute approximate surface area is 164 Å². The van der Waals surface area contributed by atoms with Crippen LogP contribution in [0.15, 0.2) is 34.9 Å². The Balaban J connectivity index is 1.45. The minimum Gasteiger partial charge on any atom is -0.445 e. The van der Waals surface area contributed by atoms with Gasteiger partial charge in [-0.2, -0.15) is 0 Å². The Hall–Kier alpha value is -2.63. The van der Waals surface area contributed by atoms with Crippen LogP contribution in [-0.2, 0) is 11.3 Å². The van der Waals surface area contributed by atoms with Gasteiger partial charge in [-0.15, -0.1) is 0 Å². The highest BCUT2D eigenvalue weighted by atomic mass is 16.6. The predicted octanol–water partition coefficient (Wildman–Crippen LogP) is 4.44. The topological polar surface area (TPSA) is 72.6 Å². The van der Waals surface area contributed by atoms with Crippen LogP contribution in [0.25, 0.3) is 0 Å². The molecule has 0 spiro atoms. The highest BCUT2D eigenvalue weighted by molar-refractivity contribution is 5.99. The zero-order valence-electron chi connectivity index (χ0n) is 16.4. The lowest BCUT2D eigenvalue weighted by atomic mass is 9.75. The maximum Gasteiger partial charge on any atom is 0.410 e. The maximum absolute atomic E-state index is 13.1. The van der Waals surface area contributed by atoms with Crippen molar-refractivity contribution in [2.75, 3.05) is 0 Å². The van der Waals surface area contributed by atoms with Crippen LogP contribution in [0.3, 0.4) is 0 Å². The number of ether oxygens (including phenoxy) is 1. The minimum absolute atomic E-state index is 0.0604. The second-order valence-electron chi connectivity index (χ2n) is 7.92. The summed E-state index contributed by atoms with van der Waals surface area (Å²) in [5, 5.41) is 3.92. The molecule has 4 rings (SSSR count). The third kappa shape index (κ3) is 3.55. The van der Waals surface area contributed by atoms with Crippen LogP contribution in [0.5, 0.6) is 0 Å². The van der Waals surface area contributed by atoms with Gasteiger partial charge in [0.05, 0.1) is 11.3 Å². The van der Waals surface area contributed by atoms with Gasteiger partial charge in [-0.25, -0.2) is 4.79 Å². The molecule has 2 unspecified atom stereocenters. The molecule has 0 radical (unpaired) electrons. The number of fused-ring (bicyclic) bond motifs is 2. The largest absolute Gasteiger partial charge is 0.445 e. The molecule has 6 nitrogen and oxygen atoms in total. The second-order valence-corrected chi connectivity index (χ2v) is 7.92. The summed E-state index contributed by atoms with van der Waals surface area (Å²) in [6, 6.07) is 9.82. The van der Waals surface area contributed by atoms with Crippen LogP contribution in [-0.4, -0.2) is 34.0 Å². The van der Waals surface area contributed by atoms with E-state index in [1.165, 1.54) is 0 Å². The van der Waals surface area contributed by atoms with Crippen LogP contribution >= 0.6 is 0 Å². The van der Waals surface area contributed by atoms with E-state index < -0.39 is 0 Å². The Kier molecular flexibility index (Phi) is 5.20. The van der Waals surface area contributed by atoms with Crippen LogP contribution < -0.4 is 0 Å². The van der Waals surface area contributed by atoms with Gasteiger partial charge in [-0.1, -0.05) is 35.5 Å². The lowest BCUT2D eigenvalue weighted by molar-refractivity contribution is 0.00467. The molecule has 1 aromatic heterocycles. The number of carbonyl (C=O) groups excluding carboxylic acids is 2. The predicted molar refractivity (Wildman–Crippen MR) is 103 cm³/mol. The molecule has 2 atom stereocenters. The number of carbonyl (C=O) groups is 2. The number of ketones is 1. The maximum atomic E-state index is 13.1. The van der Waals surface area contributed by atoms with Crippen LogP contribution in [0.2, 0.25) is 0 Å². The zero-order valence-corrected chi connectivity index (χ0v) is 16.4. The number of amides is 1. The summed E-state index contributed by atoms with van der Waals surface area (Å²) < 4.78 is 10.8. The second kappa shape index (κ2) is 7.78. The molecule has 0 N–H and O–H groups in total. The summed E-state index contributed by atoms with van der Waals surface area (Å²) in [4.78, 5) is 27.8. The monoisotopic (exact) mass is 382 g/mol. The third-order valence-electron chi connectivity index (χ3n) is 6.04. The molecule has 148 valence electrons. The van der Waals surface area contributed by atoms with Crippen LogP contribution in [0, 0.1) is 19.8 Å². The average Bonchev–Trinajstić information content (AvgIpc) is 3.03. The summed E-state index contributed by atoms with van der Waals surface area (Å²) in [6.07, 6.45) is 4.02. The molecule has 0 aliphatic carbocycles. The van der Waals surface area contributed by atoms with E-state index in [4.69, 9.17) is 9.26 Å². The number of Topliss-reactive ketones (excluding diaryl/α,β-unsaturated/α-hetero) is 1. The summed E-state index contributed by atoms with van der Waals surface area (Å²) >= 11 is 0. The third-order valence-corrected chi connectivity index (χ3v) is 6.04. The first kappa shape index (κ1) is 18.7. The van der Waals surface area contributed by atoms with Crippen molar-refractivity contribution in [3.05, 3.63) is 52.9 Å². The molecule has 3 heterocycles. The first-order valence-electron chi connectivity index (χ1n) is 10.0. The fraction of sp³-hybridized carbons (Fsp3) is 0.500. The molecule has 28 heavy (non-hydrogen) atoms. The smallest absolute Gasteiger partial charge is 0.410 e. The van der Waals surface area contributed by atoms with Crippen molar-refractivity contribution in [2.45, 2.75) is 64.6 Å². The first-order valence-corrected chi connectivity index (χ1v) is 10.0. The normalized spacial score (nSPS) is 24.1. The number of rotatable bonds is 4. The van der Waals surface area contributed by atoms with E-state index in [1.54, 1.807) is 13.8 Å². The number of hydrogen-bond donors (Lipinski definition) is 0. The van der Waals surface area contributed by atoms with Gasteiger partial charge in [-0.3, -0.25) is 4.79 Å². The summed E-state index contributed by atoms with van der Waals surface area (Å²) in [5.41, 5.74) is 2.24. The molecule has 2 aliphatic rings. The number of aromatic nitrogens is 1. The SMILES string of the molecule is Cc1noc(C)c1C(=O)C1CC2CCCC(C1)N2C(=O)OCc1ccccc1. The number of hydrogen-bond acceptors (Lipinski definition) is 5. The van der Waals surface area contributed by atoms with E-state index in [0.717, 1.165) is 24.8 Å². The lowest BCUT2D eigenvalue weighted by Gasteiger charge is -2.47. The van der Waals surface area contributed by atoms with Gasteiger partial charge < -0.3 is 14.2 Å². The first-order chi connectivity index (χ1) is 13.5. The van der Waals surface area contributed by atoms with Gasteiger partial charge in [0.25, 0.3) is 0 Å². The van der Waals surface area contributed by atoms with Crippen molar-refractivity contribution in [3.63, 3.8) is 0 Å². The molecule has 2 aliphatic heterocycles. The summed E-state index contributed by atoms with van der Waals surface area (Å²) in [6.45, 7) is 3.86. The quantitative estimate of drug-likeness (QED) is 0.731. The molecule has 2 saturated heterocycles. The number of aryl methyl sites for hydroxylation is 2. The van der Waals surface area contributed by atoms with Gasteiger partial charge in [0.15, 0.2) is 5.78 Å². The molecule has 1 amide bonds. The Bertz CT molecular complexity index is 827. The van der Waals surface area contributed by atoms with Gasteiger partial charge >= 0.3 is 6.09 Å². The van der Waals surface area contributed by atoms with E-state index >= 15 is 0 Å². The lowest BCUT2D eigenvalue weighted by Crippen LogP contribution is -2.55. The van der Waals surface area contributed by atoms with Crippen LogP contribution in [0.4, 0.5) is 4.79 Å². The molecule has 0 saturated carbocycles. The Morgan fingerprint density at radius 2 is 1.82 bits per heavy atom. The molecule has 6 heteroatoms. The molecule has 1 aromatic carbocycles. The molecule has 2 aromatic rings. The van der Waals surface area contributed by atoms with Gasteiger partial charge in [0.2, 0.25) is 0 Å². The van der Waals surface area contributed by atoms with Crippen molar-refractivity contribution in [1.29, 1.82) is 0 Å². The average molecular weight is 382 g/mol. The molecule has 2 bridgehead atoms. The zero-order chi connectivity index (χ0) is 19.7. The van der Waals surface area contributed by atoms with Gasteiger partial charge in [-0.05, 0) is 51.5 Å². The minimum atomic E-state index is -0.262. The van der Waals surface area contributed by atoms with Gasteiger partial charge in [0.1, 0.15) is 12.4 Å². The molecular weight excluding hydrogens is 356 g/mol. The summed E-state index contributed by atoms with van der Waals surface area (Å²) in [5.74, 6) is 0.591. The van der Waals surface area contributed by atoms with E-state index in [9.17, 15) is 9.59 Å². The Morgan fingerprint density at radius 1 is 1.14 bits per heavy atom. The highest BCUT2D eigenvalue weighted by Gasteiger charge is 2.44. The fourth-order valence-corrected chi connectivity index (χ4v) is 4.73. The van der Waals surface area contributed by atoms with E-state index in [-0.39, 0.29) is 36.5 Å². The fourth-order valence-electron chi connectivity index (χ4n) is 4.73. The summed E-state index contributed by atoms with van der Waals surface area (Å²) in [7, 11) is 0. The van der Waals surface area contributed by atoms with Crippen molar-refractivity contribution in [1.82, 2.24) is 10.1 Å². The number of benzene rings is 1. The van der Waals surface area contributed by atoms with Crippen molar-refractivity contribution >= 4 is 11.9 Å². The van der Waals surface area contributed by atoms with E-state index in [2.05, 4.69) is 5.16 Å². The van der Waals surface area contributed by atoms with Crippen molar-refractivity contribution in [3.8, 4) is 0 Å². The number of piperidine rings is 2. The number of nitrogens with zero attached hydrogens (tertiary/aromatic N) is 2. The molecular formula is C22H26N2O4. The van der Waals surface area contributed by atoms with Crippen molar-refractivity contribution in [2.24, 2.45) is 5.92 Å². The Morgan fingerprint density at radius 3 is 2.43 bits per heavy atom. The van der Waals surface area contributed by atoms with E-state index in [1.807, 2.05) is 35.2 Å².